The number of hydrogen-bond donors (Lipinski definition) is 1. The van der Waals surface area contributed by atoms with Gasteiger partial charge in [0.05, 0.1) is 5.75 Å². The van der Waals surface area contributed by atoms with Crippen LogP contribution in [0.4, 0.5) is 0 Å². The van der Waals surface area contributed by atoms with E-state index in [0.29, 0.717) is 6.54 Å². The van der Waals surface area contributed by atoms with Gasteiger partial charge >= 0.3 is 0 Å². The standard InChI is InChI=1S/C13H26N2O2S/c1-5-9-15(13(2,3)4)18(16,17)11-12-7-6-8-14-10-12/h5,12,14H,1,6-11H2,2-4H3. The molecular formula is C13H26N2O2S. The maximum atomic E-state index is 12.5. The molecule has 1 rings (SSSR count). The van der Waals surface area contributed by atoms with Gasteiger partial charge in [0, 0.05) is 12.1 Å². The summed E-state index contributed by atoms with van der Waals surface area (Å²) < 4.78 is 26.5. The fourth-order valence-corrected chi connectivity index (χ4v) is 4.60. The lowest BCUT2D eigenvalue weighted by molar-refractivity contribution is 0.266. The van der Waals surface area contributed by atoms with Gasteiger partial charge in [0.1, 0.15) is 0 Å². The number of hydrogen-bond acceptors (Lipinski definition) is 3. The molecule has 0 amide bonds. The first kappa shape index (κ1) is 15.7. The third kappa shape index (κ3) is 4.37. The van der Waals surface area contributed by atoms with Crippen LogP contribution in [0.1, 0.15) is 33.6 Å². The van der Waals surface area contributed by atoms with Gasteiger partial charge in [0.15, 0.2) is 0 Å². The molecule has 1 N–H and O–H groups in total. The van der Waals surface area contributed by atoms with Gasteiger partial charge in [-0.1, -0.05) is 6.08 Å². The summed E-state index contributed by atoms with van der Waals surface area (Å²) in [5.41, 5.74) is -0.394. The minimum Gasteiger partial charge on any atom is -0.316 e. The van der Waals surface area contributed by atoms with Crippen LogP contribution in [0.25, 0.3) is 0 Å². The molecule has 0 spiro atoms. The van der Waals surface area contributed by atoms with E-state index in [4.69, 9.17) is 0 Å². The molecule has 0 aromatic heterocycles. The molecule has 4 nitrogen and oxygen atoms in total. The fourth-order valence-electron chi connectivity index (χ4n) is 2.38. The molecule has 0 aliphatic carbocycles. The van der Waals surface area contributed by atoms with E-state index in [1.807, 2.05) is 20.8 Å². The Hall–Kier alpha value is -0.390. The van der Waals surface area contributed by atoms with Crippen LogP contribution >= 0.6 is 0 Å². The molecule has 18 heavy (non-hydrogen) atoms. The molecule has 106 valence electrons. The lowest BCUT2D eigenvalue weighted by atomic mass is 10.0. The molecule has 0 bridgehead atoms. The predicted octanol–water partition coefficient (Wildman–Crippen LogP) is 1.60. The minimum absolute atomic E-state index is 0.235. The smallest absolute Gasteiger partial charge is 0.215 e. The summed E-state index contributed by atoms with van der Waals surface area (Å²) in [5.74, 6) is 0.476. The van der Waals surface area contributed by atoms with Gasteiger partial charge in [-0.2, -0.15) is 4.31 Å². The van der Waals surface area contributed by atoms with Gasteiger partial charge in [-0.25, -0.2) is 8.42 Å². The largest absolute Gasteiger partial charge is 0.316 e. The quantitative estimate of drug-likeness (QED) is 0.775. The van der Waals surface area contributed by atoms with E-state index in [-0.39, 0.29) is 11.7 Å². The number of sulfonamides is 1. The third-order valence-electron chi connectivity index (χ3n) is 3.22. The Labute approximate surface area is 111 Å². The molecule has 1 aliphatic heterocycles. The predicted molar refractivity (Wildman–Crippen MR) is 76.0 cm³/mol. The molecule has 0 saturated carbocycles. The Kier molecular flexibility index (Phi) is 5.37. The number of rotatable bonds is 5. The second-order valence-corrected chi connectivity index (χ2v) is 7.92. The lowest BCUT2D eigenvalue weighted by Gasteiger charge is -2.35. The molecule has 0 radical (unpaired) electrons. The van der Waals surface area contributed by atoms with Crippen LogP contribution in [-0.4, -0.2) is 43.6 Å². The summed E-state index contributed by atoms with van der Waals surface area (Å²) in [6.07, 6.45) is 3.72. The van der Waals surface area contributed by atoms with Crippen molar-refractivity contribution in [2.75, 3.05) is 25.4 Å². The average Bonchev–Trinajstić information content (AvgIpc) is 2.24. The van der Waals surface area contributed by atoms with Crippen molar-refractivity contribution in [3.63, 3.8) is 0 Å². The van der Waals surface area contributed by atoms with E-state index in [1.54, 1.807) is 10.4 Å². The molecule has 0 aromatic carbocycles. The van der Waals surface area contributed by atoms with Crippen molar-refractivity contribution in [1.29, 1.82) is 0 Å². The summed E-state index contributed by atoms with van der Waals surface area (Å²) >= 11 is 0. The highest BCUT2D eigenvalue weighted by molar-refractivity contribution is 7.89. The number of piperidine rings is 1. The van der Waals surface area contributed by atoms with Gasteiger partial charge in [-0.3, -0.25) is 0 Å². The highest BCUT2D eigenvalue weighted by atomic mass is 32.2. The number of nitrogens with zero attached hydrogens (tertiary/aromatic N) is 1. The summed E-state index contributed by atoms with van der Waals surface area (Å²) in [4.78, 5) is 0. The molecule has 5 heteroatoms. The summed E-state index contributed by atoms with van der Waals surface area (Å²) in [6, 6.07) is 0. The summed E-state index contributed by atoms with van der Waals surface area (Å²) in [5, 5.41) is 3.26. The molecule has 1 aliphatic rings. The Balaban J connectivity index is 2.78. The molecule has 1 unspecified atom stereocenters. The van der Waals surface area contributed by atoms with Crippen molar-refractivity contribution in [3.8, 4) is 0 Å². The van der Waals surface area contributed by atoms with Crippen LogP contribution in [0.15, 0.2) is 12.7 Å². The van der Waals surface area contributed by atoms with Gasteiger partial charge < -0.3 is 5.32 Å². The topological polar surface area (TPSA) is 49.4 Å². The van der Waals surface area contributed by atoms with E-state index in [9.17, 15) is 8.42 Å². The average molecular weight is 274 g/mol. The normalized spacial score (nSPS) is 22.1. The Morgan fingerprint density at radius 1 is 1.44 bits per heavy atom. The zero-order valence-corrected chi connectivity index (χ0v) is 12.6. The zero-order chi connectivity index (χ0) is 13.8. The van der Waals surface area contributed by atoms with Gasteiger partial charge in [-0.15, -0.1) is 6.58 Å². The summed E-state index contributed by atoms with van der Waals surface area (Å²) in [6.45, 7) is 11.6. The molecular weight excluding hydrogens is 248 g/mol. The molecule has 1 fully saturated rings. The van der Waals surface area contributed by atoms with Crippen molar-refractivity contribution in [2.45, 2.75) is 39.2 Å². The van der Waals surface area contributed by atoms with Crippen LogP contribution in [0, 0.1) is 5.92 Å². The molecule has 1 heterocycles. The van der Waals surface area contributed by atoms with Crippen LogP contribution < -0.4 is 5.32 Å². The van der Waals surface area contributed by atoms with Crippen LogP contribution in [0.5, 0.6) is 0 Å². The van der Waals surface area contributed by atoms with Gasteiger partial charge in [0.2, 0.25) is 10.0 Å². The van der Waals surface area contributed by atoms with Crippen LogP contribution in [0.2, 0.25) is 0 Å². The van der Waals surface area contributed by atoms with E-state index in [1.165, 1.54) is 0 Å². The maximum absolute atomic E-state index is 12.5. The van der Waals surface area contributed by atoms with Crippen molar-refractivity contribution in [3.05, 3.63) is 12.7 Å². The minimum atomic E-state index is -3.22. The van der Waals surface area contributed by atoms with E-state index >= 15 is 0 Å². The van der Waals surface area contributed by atoms with Crippen molar-refractivity contribution < 1.29 is 8.42 Å². The van der Waals surface area contributed by atoms with E-state index in [0.717, 1.165) is 25.9 Å². The van der Waals surface area contributed by atoms with Crippen LogP contribution in [0.3, 0.4) is 0 Å². The second-order valence-electron chi connectivity index (χ2n) is 5.98. The SMILES string of the molecule is C=CCN(C(C)(C)C)S(=O)(=O)CC1CCCNC1. The van der Waals surface area contributed by atoms with E-state index in [2.05, 4.69) is 11.9 Å². The maximum Gasteiger partial charge on any atom is 0.215 e. The summed E-state index contributed by atoms with van der Waals surface area (Å²) in [7, 11) is -3.22. The van der Waals surface area contributed by atoms with Gasteiger partial charge in [0.25, 0.3) is 0 Å². The van der Waals surface area contributed by atoms with E-state index < -0.39 is 15.6 Å². The third-order valence-corrected chi connectivity index (χ3v) is 5.49. The second kappa shape index (κ2) is 6.17. The molecule has 0 aromatic rings. The first-order valence-corrected chi connectivity index (χ1v) is 8.20. The first-order valence-electron chi connectivity index (χ1n) is 6.59. The van der Waals surface area contributed by atoms with Crippen molar-refractivity contribution >= 4 is 10.0 Å². The van der Waals surface area contributed by atoms with Crippen molar-refractivity contribution in [2.24, 2.45) is 5.92 Å². The Morgan fingerprint density at radius 2 is 2.11 bits per heavy atom. The molecule has 1 saturated heterocycles. The Morgan fingerprint density at radius 3 is 2.56 bits per heavy atom. The zero-order valence-electron chi connectivity index (χ0n) is 11.8. The fraction of sp³-hybridized carbons (Fsp3) is 0.846. The Bertz CT molecular complexity index is 365. The monoisotopic (exact) mass is 274 g/mol. The van der Waals surface area contributed by atoms with Crippen molar-refractivity contribution in [1.82, 2.24) is 9.62 Å². The highest BCUT2D eigenvalue weighted by Gasteiger charge is 2.33. The number of nitrogens with one attached hydrogen (secondary N) is 1. The van der Waals surface area contributed by atoms with Crippen LogP contribution in [-0.2, 0) is 10.0 Å². The van der Waals surface area contributed by atoms with Gasteiger partial charge in [-0.05, 0) is 52.6 Å². The lowest BCUT2D eigenvalue weighted by Crippen LogP contribution is -2.48. The molecule has 1 atom stereocenters. The highest BCUT2D eigenvalue weighted by Crippen LogP contribution is 2.22. The first-order chi connectivity index (χ1) is 8.27.